The minimum absolute atomic E-state index is 0.115. The summed E-state index contributed by atoms with van der Waals surface area (Å²) in [5.41, 5.74) is 0.909. The molecular formula is C20H20N4O6. The Hall–Kier alpha value is -3.79. The second kappa shape index (κ2) is 8.70. The van der Waals surface area contributed by atoms with Gasteiger partial charge < -0.3 is 10.1 Å². The van der Waals surface area contributed by atoms with Gasteiger partial charge in [-0.05, 0) is 19.9 Å². The largest absolute Gasteiger partial charge is 0.463 e. The standard InChI is InChI=1S/C20H20N4O6/c1-3-30-20(25)17-12(2)21-19(14-9-5-7-11-16(14)24(28)29)22-18(17)13-8-4-6-10-15(13)23(26)27/h4-11,18-19,21-22H,3H2,1-2H3/t18-,19+/m1/s1. The number of hydrogen-bond donors (Lipinski definition) is 2. The van der Waals surface area contributed by atoms with Gasteiger partial charge in [-0.25, -0.2) is 4.79 Å². The monoisotopic (exact) mass is 412 g/mol. The lowest BCUT2D eigenvalue weighted by molar-refractivity contribution is -0.386. The highest BCUT2D eigenvalue weighted by atomic mass is 16.6. The zero-order chi connectivity index (χ0) is 21.8. The molecule has 156 valence electrons. The van der Waals surface area contributed by atoms with Crippen LogP contribution in [-0.4, -0.2) is 22.4 Å². The van der Waals surface area contributed by atoms with Gasteiger partial charge in [0.1, 0.15) is 6.17 Å². The van der Waals surface area contributed by atoms with E-state index in [0.29, 0.717) is 11.3 Å². The van der Waals surface area contributed by atoms with Gasteiger partial charge >= 0.3 is 5.97 Å². The van der Waals surface area contributed by atoms with E-state index in [4.69, 9.17) is 4.74 Å². The van der Waals surface area contributed by atoms with Crippen LogP contribution in [0.3, 0.4) is 0 Å². The van der Waals surface area contributed by atoms with Crippen molar-refractivity contribution in [3.63, 3.8) is 0 Å². The predicted octanol–water partition coefficient (Wildman–Crippen LogP) is 3.27. The molecule has 0 radical (unpaired) electrons. The first kappa shape index (κ1) is 20.9. The van der Waals surface area contributed by atoms with Crippen LogP contribution < -0.4 is 10.6 Å². The molecule has 0 unspecified atom stereocenters. The Morgan fingerprint density at radius 2 is 1.53 bits per heavy atom. The molecule has 1 aliphatic heterocycles. The molecule has 0 spiro atoms. The molecule has 10 nitrogen and oxygen atoms in total. The minimum Gasteiger partial charge on any atom is -0.463 e. The van der Waals surface area contributed by atoms with E-state index in [1.54, 1.807) is 44.2 Å². The Balaban J connectivity index is 2.15. The molecule has 0 saturated carbocycles. The lowest BCUT2D eigenvalue weighted by Crippen LogP contribution is -2.44. The molecule has 0 aromatic heterocycles. The van der Waals surface area contributed by atoms with Crippen molar-refractivity contribution >= 4 is 17.3 Å². The maximum Gasteiger partial charge on any atom is 0.337 e. The van der Waals surface area contributed by atoms with E-state index in [1.165, 1.54) is 18.2 Å². The van der Waals surface area contributed by atoms with Crippen LogP contribution in [0.15, 0.2) is 59.8 Å². The zero-order valence-electron chi connectivity index (χ0n) is 16.3. The minimum atomic E-state index is -0.906. The lowest BCUT2D eigenvalue weighted by Gasteiger charge is -2.34. The summed E-state index contributed by atoms with van der Waals surface area (Å²) in [7, 11) is 0. The van der Waals surface area contributed by atoms with Crippen LogP contribution in [0.2, 0.25) is 0 Å². The Kier molecular flexibility index (Phi) is 6.07. The van der Waals surface area contributed by atoms with Crippen LogP contribution in [0.25, 0.3) is 0 Å². The molecule has 0 amide bonds. The highest BCUT2D eigenvalue weighted by molar-refractivity contribution is 5.91. The number of nitrogens with one attached hydrogen (secondary N) is 2. The summed E-state index contributed by atoms with van der Waals surface area (Å²) in [5, 5.41) is 29.2. The van der Waals surface area contributed by atoms with Gasteiger partial charge in [-0.1, -0.05) is 30.3 Å². The van der Waals surface area contributed by atoms with Crippen molar-refractivity contribution in [2.75, 3.05) is 6.61 Å². The van der Waals surface area contributed by atoms with E-state index in [2.05, 4.69) is 10.6 Å². The Bertz CT molecular complexity index is 1040. The maximum absolute atomic E-state index is 12.7. The van der Waals surface area contributed by atoms with E-state index in [9.17, 15) is 25.0 Å². The van der Waals surface area contributed by atoms with Gasteiger partial charge in [0.05, 0.1) is 39.2 Å². The summed E-state index contributed by atoms with van der Waals surface area (Å²) >= 11 is 0. The van der Waals surface area contributed by atoms with E-state index in [-0.39, 0.29) is 29.1 Å². The smallest absolute Gasteiger partial charge is 0.337 e. The Morgan fingerprint density at radius 1 is 1.00 bits per heavy atom. The quantitative estimate of drug-likeness (QED) is 0.419. The topological polar surface area (TPSA) is 137 Å². The summed E-state index contributed by atoms with van der Waals surface area (Å²) in [6.45, 7) is 3.43. The summed E-state index contributed by atoms with van der Waals surface area (Å²) in [6, 6.07) is 11.3. The fourth-order valence-corrected chi connectivity index (χ4v) is 3.49. The summed E-state index contributed by atoms with van der Waals surface area (Å²) in [6.07, 6.45) is -0.755. The number of rotatable bonds is 6. The molecule has 1 aliphatic rings. The average molecular weight is 412 g/mol. The first-order valence-electron chi connectivity index (χ1n) is 9.22. The molecule has 2 N–H and O–H groups in total. The highest BCUT2D eigenvalue weighted by Crippen LogP contribution is 2.37. The number of para-hydroxylation sites is 2. The molecule has 2 aromatic carbocycles. The summed E-state index contributed by atoms with van der Waals surface area (Å²) < 4.78 is 5.15. The average Bonchev–Trinajstić information content (AvgIpc) is 2.73. The number of carbonyl (C=O) groups excluding carboxylic acids is 1. The van der Waals surface area contributed by atoms with E-state index in [0.717, 1.165) is 0 Å². The number of allylic oxidation sites excluding steroid dienone is 1. The van der Waals surface area contributed by atoms with Gasteiger partial charge in [-0.3, -0.25) is 25.5 Å². The number of esters is 1. The first-order valence-corrected chi connectivity index (χ1v) is 9.22. The molecule has 0 bridgehead atoms. The zero-order valence-corrected chi connectivity index (χ0v) is 16.3. The van der Waals surface area contributed by atoms with Gasteiger partial charge in [-0.15, -0.1) is 0 Å². The number of nitro groups is 2. The fourth-order valence-electron chi connectivity index (χ4n) is 3.49. The lowest BCUT2D eigenvalue weighted by atomic mass is 9.92. The number of nitrogens with zero attached hydrogens (tertiary/aromatic N) is 2. The van der Waals surface area contributed by atoms with Gasteiger partial charge in [0.2, 0.25) is 0 Å². The molecule has 1 heterocycles. The summed E-state index contributed by atoms with van der Waals surface area (Å²) in [4.78, 5) is 34.7. The van der Waals surface area contributed by atoms with Gasteiger partial charge in [0.25, 0.3) is 11.4 Å². The normalized spacial score (nSPS) is 18.5. The third-order valence-electron chi connectivity index (χ3n) is 4.77. The van der Waals surface area contributed by atoms with Crippen molar-refractivity contribution < 1.29 is 19.4 Å². The molecular weight excluding hydrogens is 392 g/mol. The van der Waals surface area contributed by atoms with Crippen LogP contribution >= 0.6 is 0 Å². The highest BCUT2D eigenvalue weighted by Gasteiger charge is 2.38. The van der Waals surface area contributed by atoms with Crippen LogP contribution in [0.5, 0.6) is 0 Å². The molecule has 30 heavy (non-hydrogen) atoms. The number of nitro benzene ring substituents is 2. The predicted molar refractivity (Wildman–Crippen MR) is 107 cm³/mol. The van der Waals surface area contributed by atoms with Crippen molar-refractivity contribution in [1.82, 2.24) is 10.6 Å². The molecule has 0 fully saturated rings. The van der Waals surface area contributed by atoms with Crippen LogP contribution in [0, 0.1) is 20.2 Å². The molecule has 2 aromatic rings. The number of hydrogen-bond acceptors (Lipinski definition) is 8. The van der Waals surface area contributed by atoms with Crippen molar-refractivity contribution in [2.45, 2.75) is 26.1 Å². The molecule has 2 atom stereocenters. The van der Waals surface area contributed by atoms with E-state index in [1.807, 2.05) is 0 Å². The van der Waals surface area contributed by atoms with Gasteiger partial charge in [0.15, 0.2) is 0 Å². The third-order valence-corrected chi connectivity index (χ3v) is 4.77. The second-order valence-corrected chi connectivity index (χ2v) is 6.57. The molecule has 0 aliphatic carbocycles. The SMILES string of the molecule is CCOC(=O)C1=C(C)N[C@H](c2ccccc2[N+](=O)[O-])N[C@@H]1c1ccccc1[N+](=O)[O-]. The van der Waals surface area contributed by atoms with E-state index >= 15 is 0 Å². The van der Waals surface area contributed by atoms with Crippen LogP contribution in [0.4, 0.5) is 11.4 Å². The Labute approximate surface area is 171 Å². The van der Waals surface area contributed by atoms with Crippen molar-refractivity contribution in [2.24, 2.45) is 0 Å². The number of benzene rings is 2. The molecule has 10 heteroatoms. The van der Waals surface area contributed by atoms with Crippen LogP contribution in [-0.2, 0) is 9.53 Å². The van der Waals surface area contributed by atoms with E-state index < -0.39 is 28.0 Å². The first-order chi connectivity index (χ1) is 14.3. The van der Waals surface area contributed by atoms with Gasteiger partial charge in [0, 0.05) is 17.8 Å². The van der Waals surface area contributed by atoms with Gasteiger partial charge in [-0.2, -0.15) is 0 Å². The summed E-state index contributed by atoms with van der Waals surface area (Å²) in [5.74, 6) is -0.626. The molecule has 0 saturated heterocycles. The molecule has 3 rings (SSSR count). The van der Waals surface area contributed by atoms with Crippen LogP contribution in [0.1, 0.15) is 37.2 Å². The van der Waals surface area contributed by atoms with Crippen molar-refractivity contribution in [1.29, 1.82) is 0 Å². The number of carbonyl (C=O) groups is 1. The Morgan fingerprint density at radius 3 is 2.10 bits per heavy atom. The maximum atomic E-state index is 12.7. The number of ether oxygens (including phenoxy) is 1. The third kappa shape index (κ3) is 3.98. The second-order valence-electron chi connectivity index (χ2n) is 6.57. The fraction of sp³-hybridized carbons (Fsp3) is 0.250. The van der Waals surface area contributed by atoms with Crippen molar-refractivity contribution in [3.8, 4) is 0 Å². The van der Waals surface area contributed by atoms with Crippen molar-refractivity contribution in [3.05, 3.63) is 91.2 Å².